The van der Waals surface area contributed by atoms with Gasteiger partial charge in [-0.3, -0.25) is 9.69 Å². The van der Waals surface area contributed by atoms with Gasteiger partial charge in [-0.25, -0.2) is 4.21 Å². The summed E-state index contributed by atoms with van der Waals surface area (Å²) in [5.74, 6) is 0.178. The predicted molar refractivity (Wildman–Crippen MR) is 44.8 cm³/mol. The molecule has 1 amide bonds. The molecule has 1 heterocycles. The van der Waals surface area contributed by atoms with Crippen molar-refractivity contribution in [1.82, 2.24) is 10.2 Å². The first-order valence-corrected chi connectivity index (χ1v) is 4.99. The maximum Gasteiger partial charge on any atom is 0.207 e. The Hall–Kier alpha value is -0.460. The number of hydrogen-bond donors (Lipinski definition) is 2. The number of nitrogens with one attached hydrogen (secondary N) is 1. The normalized spacial score (nSPS) is 26.9. The second kappa shape index (κ2) is 4.54. The lowest BCUT2D eigenvalue weighted by atomic mass is 10.3. The molecule has 0 aliphatic carbocycles. The topological polar surface area (TPSA) is 69.6 Å². The maximum atomic E-state index is 10.4. The summed E-state index contributed by atoms with van der Waals surface area (Å²) in [6, 6.07) is 0.144. The average Bonchev–Trinajstić information content (AvgIpc) is 2.36. The van der Waals surface area contributed by atoms with Crippen LogP contribution >= 0.6 is 0 Å². The minimum atomic E-state index is -1.76. The Labute approximate surface area is 73.4 Å². The van der Waals surface area contributed by atoms with E-state index in [1.54, 1.807) is 0 Å². The molecule has 0 aromatic carbocycles. The molecule has 0 aromatic heterocycles. The van der Waals surface area contributed by atoms with E-state index in [1.165, 1.54) is 0 Å². The van der Waals surface area contributed by atoms with Crippen molar-refractivity contribution >= 4 is 17.5 Å². The minimum Gasteiger partial charge on any atom is -0.355 e. The fourth-order valence-electron chi connectivity index (χ4n) is 1.34. The molecule has 70 valence electrons. The Bertz CT molecular complexity index is 188. The van der Waals surface area contributed by atoms with Crippen LogP contribution in [0.2, 0.25) is 0 Å². The molecule has 1 fully saturated rings. The molecule has 1 aliphatic rings. The van der Waals surface area contributed by atoms with E-state index in [1.807, 2.05) is 4.90 Å². The van der Waals surface area contributed by atoms with E-state index in [-0.39, 0.29) is 11.9 Å². The fourth-order valence-corrected chi connectivity index (χ4v) is 1.89. The molecule has 0 aromatic rings. The lowest BCUT2D eigenvalue weighted by molar-refractivity contribution is -0.110. The lowest BCUT2D eigenvalue weighted by Gasteiger charge is -2.12. The molecule has 1 rings (SSSR count). The molecule has 2 unspecified atom stereocenters. The van der Waals surface area contributed by atoms with Crippen molar-refractivity contribution in [3.63, 3.8) is 0 Å². The molecule has 6 heteroatoms. The highest BCUT2D eigenvalue weighted by atomic mass is 32.2. The SMILES string of the molecule is O=CNC1CCN(CS(=O)O)C1. The van der Waals surface area contributed by atoms with E-state index in [2.05, 4.69) is 5.32 Å². The molecule has 1 aliphatic heterocycles. The maximum absolute atomic E-state index is 10.4. The molecule has 1 saturated heterocycles. The Morgan fingerprint density at radius 2 is 2.50 bits per heavy atom. The Morgan fingerprint density at radius 3 is 3.08 bits per heavy atom. The second-order valence-corrected chi connectivity index (χ2v) is 3.70. The van der Waals surface area contributed by atoms with Gasteiger partial charge in [0.1, 0.15) is 5.88 Å². The van der Waals surface area contributed by atoms with Gasteiger partial charge in [0.05, 0.1) is 0 Å². The van der Waals surface area contributed by atoms with Gasteiger partial charge in [0.2, 0.25) is 6.41 Å². The number of likely N-dealkylation sites (tertiary alicyclic amines) is 1. The van der Waals surface area contributed by atoms with E-state index in [4.69, 9.17) is 4.55 Å². The number of amides is 1. The number of carbonyl (C=O) groups excluding carboxylic acids is 1. The number of carbonyl (C=O) groups is 1. The Kier molecular flexibility index (Phi) is 3.64. The standard InChI is InChI=1S/C6H12N2O3S/c9-4-7-6-1-2-8(3-6)5-12(10)11/h4,6H,1-3,5H2,(H,7,9)(H,10,11). The highest BCUT2D eigenvalue weighted by Gasteiger charge is 2.22. The van der Waals surface area contributed by atoms with Crippen molar-refractivity contribution < 1.29 is 13.6 Å². The number of nitrogens with zero attached hydrogens (tertiary/aromatic N) is 1. The van der Waals surface area contributed by atoms with Crippen LogP contribution in [0.3, 0.4) is 0 Å². The monoisotopic (exact) mass is 192 g/mol. The molecular weight excluding hydrogens is 180 g/mol. The zero-order chi connectivity index (χ0) is 8.97. The van der Waals surface area contributed by atoms with Gasteiger partial charge in [0, 0.05) is 19.1 Å². The molecule has 5 nitrogen and oxygen atoms in total. The van der Waals surface area contributed by atoms with Crippen LogP contribution in [0, 0.1) is 0 Å². The van der Waals surface area contributed by atoms with E-state index in [0.717, 1.165) is 13.0 Å². The Morgan fingerprint density at radius 1 is 1.75 bits per heavy atom. The van der Waals surface area contributed by atoms with Crippen molar-refractivity contribution in [1.29, 1.82) is 0 Å². The van der Waals surface area contributed by atoms with Gasteiger partial charge in [-0.15, -0.1) is 0 Å². The molecule has 12 heavy (non-hydrogen) atoms. The first kappa shape index (κ1) is 9.63. The first-order chi connectivity index (χ1) is 5.72. The van der Waals surface area contributed by atoms with E-state index in [9.17, 15) is 9.00 Å². The molecule has 2 N–H and O–H groups in total. The van der Waals surface area contributed by atoms with Gasteiger partial charge in [-0.1, -0.05) is 0 Å². The van der Waals surface area contributed by atoms with Gasteiger partial charge < -0.3 is 9.87 Å². The molecule has 0 bridgehead atoms. The van der Waals surface area contributed by atoms with Crippen LogP contribution in [0.15, 0.2) is 0 Å². The molecule has 0 spiro atoms. The number of rotatable bonds is 4. The van der Waals surface area contributed by atoms with E-state index in [0.29, 0.717) is 13.0 Å². The minimum absolute atomic E-state index is 0.144. The third-order valence-corrected chi connectivity index (χ3v) is 2.46. The summed E-state index contributed by atoms with van der Waals surface area (Å²) in [7, 11) is 0. The third kappa shape index (κ3) is 2.88. The van der Waals surface area contributed by atoms with Crippen LogP contribution in [-0.4, -0.2) is 45.1 Å². The predicted octanol–water partition coefficient (Wildman–Crippen LogP) is -1.01. The summed E-state index contributed by atoms with van der Waals surface area (Å²) in [4.78, 5) is 11.9. The van der Waals surface area contributed by atoms with Gasteiger partial charge in [-0.05, 0) is 6.42 Å². The summed E-state index contributed by atoms with van der Waals surface area (Å²) < 4.78 is 19.0. The summed E-state index contributed by atoms with van der Waals surface area (Å²) in [5.41, 5.74) is 0. The highest BCUT2D eigenvalue weighted by molar-refractivity contribution is 7.79. The molecule has 0 radical (unpaired) electrons. The summed E-state index contributed by atoms with van der Waals surface area (Å²) in [6.07, 6.45) is 1.53. The van der Waals surface area contributed by atoms with Gasteiger partial charge in [0.25, 0.3) is 0 Å². The second-order valence-electron chi connectivity index (χ2n) is 2.80. The quantitative estimate of drug-likeness (QED) is 0.442. The zero-order valence-corrected chi connectivity index (χ0v) is 7.42. The van der Waals surface area contributed by atoms with E-state index >= 15 is 0 Å². The fraction of sp³-hybridized carbons (Fsp3) is 0.833. The van der Waals surface area contributed by atoms with Crippen LogP contribution < -0.4 is 5.32 Å². The van der Waals surface area contributed by atoms with Gasteiger partial charge in [0.15, 0.2) is 11.1 Å². The van der Waals surface area contributed by atoms with Gasteiger partial charge in [-0.2, -0.15) is 0 Å². The van der Waals surface area contributed by atoms with Crippen LogP contribution in [0.1, 0.15) is 6.42 Å². The van der Waals surface area contributed by atoms with Crippen LogP contribution in [0.5, 0.6) is 0 Å². The Balaban J connectivity index is 2.25. The lowest BCUT2D eigenvalue weighted by Crippen LogP contribution is -2.32. The molecule has 0 saturated carbocycles. The van der Waals surface area contributed by atoms with Crippen molar-refractivity contribution in [3.05, 3.63) is 0 Å². The van der Waals surface area contributed by atoms with Gasteiger partial charge >= 0.3 is 0 Å². The summed E-state index contributed by atoms with van der Waals surface area (Å²) in [6.45, 7) is 1.45. The average molecular weight is 192 g/mol. The van der Waals surface area contributed by atoms with Crippen molar-refractivity contribution in [2.24, 2.45) is 0 Å². The highest BCUT2D eigenvalue weighted by Crippen LogP contribution is 2.07. The smallest absolute Gasteiger partial charge is 0.207 e. The van der Waals surface area contributed by atoms with Crippen molar-refractivity contribution in [3.8, 4) is 0 Å². The number of hydrogen-bond acceptors (Lipinski definition) is 3. The molecular formula is C6H12N2O3S. The van der Waals surface area contributed by atoms with Crippen molar-refractivity contribution in [2.45, 2.75) is 12.5 Å². The van der Waals surface area contributed by atoms with Crippen LogP contribution in [0.4, 0.5) is 0 Å². The zero-order valence-electron chi connectivity index (χ0n) is 6.60. The van der Waals surface area contributed by atoms with Crippen LogP contribution in [-0.2, 0) is 15.9 Å². The third-order valence-electron chi connectivity index (χ3n) is 1.87. The summed E-state index contributed by atoms with van der Waals surface area (Å²) in [5, 5.41) is 2.64. The van der Waals surface area contributed by atoms with E-state index < -0.39 is 11.1 Å². The summed E-state index contributed by atoms with van der Waals surface area (Å²) >= 11 is -1.76. The largest absolute Gasteiger partial charge is 0.355 e. The van der Waals surface area contributed by atoms with Crippen LogP contribution in [0.25, 0.3) is 0 Å². The van der Waals surface area contributed by atoms with Crippen molar-refractivity contribution in [2.75, 3.05) is 19.0 Å². The molecule has 2 atom stereocenters. The first-order valence-electron chi connectivity index (χ1n) is 3.72.